The monoisotopic (exact) mass is 279 g/mol. The summed E-state index contributed by atoms with van der Waals surface area (Å²) in [4.78, 5) is 12.8. The van der Waals surface area contributed by atoms with E-state index < -0.39 is 24.6 Å². The quantitative estimate of drug-likeness (QED) is 0.762. The van der Waals surface area contributed by atoms with Gasteiger partial charge in [-0.2, -0.15) is 0 Å². The van der Waals surface area contributed by atoms with E-state index in [0.717, 1.165) is 31.6 Å². The molecule has 1 aromatic carbocycles. The van der Waals surface area contributed by atoms with Gasteiger partial charge in [-0.05, 0) is 37.0 Å². The number of aliphatic carboxylic acids is 1. The van der Waals surface area contributed by atoms with Gasteiger partial charge in [0.05, 0.1) is 12.5 Å². The molecule has 0 amide bonds. The fourth-order valence-electron chi connectivity index (χ4n) is 2.57. The van der Waals surface area contributed by atoms with Crippen LogP contribution in [-0.2, 0) is 4.79 Å². The maximum Gasteiger partial charge on any atom is 0.306 e. The minimum absolute atomic E-state index is 0.463. The third kappa shape index (κ3) is 3.71. The van der Waals surface area contributed by atoms with Crippen molar-refractivity contribution in [1.82, 2.24) is 0 Å². The zero-order valence-electron chi connectivity index (χ0n) is 11.4. The van der Waals surface area contributed by atoms with Crippen molar-refractivity contribution in [3.63, 3.8) is 0 Å². The Morgan fingerprint density at radius 1 is 1.20 bits per heavy atom. The fraction of sp³-hybridized carbons (Fsp3) is 0.533. The number of carboxylic acid groups (broad SMARTS) is 1. The van der Waals surface area contributed by atoms with Crippen molar-refractivity contribution in [2.24, 2.45) is 0 Å². The summed E-state index contributed by atoms with van der Waals surface area (Å²) >= 11 is 0. The minimum atomic E-state index is -1.29. The molecule has 1 aliphatic heterocycles. The second kappa shape index (κ2) is 6.72. The molecule has 1 fully saturated rings. The van der Waals surface area contributed by atoms with E-state index in [1.54, 1.807) is 6.07 Å². The van der Waals surface area contributed by atoms with Gasteiger partial charge in [0.1, 0.15) is 6.10 Å². The molecular weight excluding hydrogens is 258 g/mol. The van der Waals surface area contributed by atoms with Crippen molar-refractivity contribution in [3.05, 3.63) is 29.8 Å². The first kappa shape index (κ1) is 14.8. The van der Waals surface area contributed by atoms with E-state index in [1.807, 2.05) is 18.2 Å². The van der Waals surface area contributed by atoms with Crippen LogP contribution in [-0.4, -0.2) is 40.5 Å². The van der Waals surface area contributed by atoms with Gasteiger partial charge in [0.15, 0.2) is 0 Å². The Morgan fingerprint density at radius 3 is 2.55 bits per heavy atom. The molecule has 0 aromatic heterocycles. The smallest absolute Gasteiger partial charge is 0.306 e. The number of benzene rings is 1. The van der Waals surface area contributed by atoms with E-state index in [9.17, 15) is 15.0 Å². The number of anilines is 1. The Morgan fingerprint density at radius 2 is 1.90 bits per heavy atom. The van der Waals surface area contributed by atoms with Crippen molar-refractivity contribution >= 4 is 11.7 Å². The zero-order valence-corrected chi connectivity index (χ0v) is 11.4. The topological polar surface area (TPSA) is 81.0 Å². The Bertz CT molecular complexity index is 457. The number of aliphatic hydroxyl groups is 2. The van der Waals surface area contributed by atoms with Crippen LogP contribution in [0.4, 0.5) is 5.69 Å². The molecule has 2 atom stereocenters. The lowest BCUT2D eigenvalue weighted by molar-refractivity contribution is -0.141. The molecule has 0 bridgehead atoms. The molecule has 20 heavy (non-hydrogen) atoms. The van der Waals surface area contributed by atoms with E-state index in [2.05, 4.69) is 4.90 Å². The molecule has 0 spiro atoms. The average Bonchev–Trinajstić information content (AvgIpc) is 2.47. The van der Waals surface area contributed by atoms with Crippen LogP contribution in [0.15, 0.2) is 24.3 Å². The zero-order chi connectivity index (χ0) is 14.5. The molecule has 1 heterocycles. The summed E-state index contributed by atoms with van der Waals surface area (Å²) in [5, 5.41) is 28.4. The van der Waals surface area contributed by atoms with Gasteiger partial charge < -0.3 is 20.2 Å². The van der Waals surface area contributed by atoms with Gasteiger partial charge in [0.25, 0.3) is 0 Å². The summed E-state index contributed by atoms with van der Waals surface area (Å²) in [5.74, 6) is -1.12. The highest BCUT2D eigenvalue weighted by Crippen LogP contribution is 2.26. The molecule has 3 N–H and O–H groups in total. The van der Waals surface area contributed by atoms with Gasteiger partial charge in [-0.15, -0.1) is 0 Å². The van der Waals surface area contributed by atoms with Crippen LogP contribution in [0.25, 0.3) is 0 Å². The Kier molecular flexibility index (Phi) is 4.98. The van der Waals surface area contributed by atoms with Crippen LogP contribution in [0.1, 0.15) is 37.4 Å². The molecule has 5 heteroatoms. The second-order valence-corrected chi connectivity index (χ2v) is 5.25. The highest BCUT2D eigenvalue weighted by molar-refractivity contribution is 5.67. The highest BCUT2D eigenvalue weighted by Gasteiger charge is 2.22. The van der Waals surface area contributed by atoms with Crippen molar-refractivity contribution in [2.75, 3.05) is 18.0 Å². The molecule has 2 unspecified atom stereocenters. The first-order valence-electron chi connectivity index (χ1n) is 7.01. The molecule has 2 rings (SSSR count). The van der Waals surface area contributed by atoms with Gasteiger partial charge in [-0.1, -0.05) is 12.1 Å². The lowest BCUT2D eigenvalue weighted by atomic mass is 10.0. The molecule has 1 aromatic rings. The summed E-state index contributed by atoms with van der Waals surface area (Å²) in [6.07, 6.45) is 0.647. The number of hydrogen-bond donors (Lipinski definition) is 3. The van der Waals surface area contributed by atoms with Gasteiger partial charge in [-0.3, -0.25) is 4.79 Å². The molecule has 0 aliphatic carbocycles. The van der Waals surface area contributed by atoms with E-state index in [4.69, 9.17) is 5.11 Å². The highest BCUT2D eigenvalue weighted by atomic mass is 16.4. The normalized spacial score (nSPS) is 18.6. The molecule has 5 nitrogen and oxygen atoms in total. The van der Waals surface area contributed by atoms with E-state index >= 15 is 0 Å². The van der Waals surface area contributed by atoms with E-state index in [0.29, 0.717) is 5.56 Å². The van der Waals surface area contributed by atoms with E-state index in [-0.39, 0.29) is 0 Å². The first-order chi connectivity index (χ1) is 9.58. The molecule has 110 valence electrons. The van der Waals surface area contributed by atoms with Crippen LogP contribution in [0.5, 0.6) is 0 Å². The van der Waals surface area contributed by atoms with E-state index in [1.165, 1.54) is 6.42 Å². The van der Waals surface area contributed by atoms with Gasteiger partial charge >= 0.3 is 5.97 Å². The Balaban J connectivity index is 2.10. The maximum atomic E-state index is 10.6. The third-order valence-corrected chi connectivity index (χ3v) is 3.68. The maximum absolute atomic E-state index is 10.6. The number of nitrogens with zero attached hydrogens (tertiary/aromatic N) is 1. The SMILES string of the molecule is O=C(O)CC(O)C(O)c1cccc(N2CCCCC2)c1. The lowest BCUT2D eigenvalue weighted by Gasteiger charge is -2.29. The summed E-state index contributed by atoms with van der Waals surface area (Å²) in [6, 6.07) is 7.35. The molecule has 0 radical (unpaired) electrons. The van der Waals surface area contributed by atoms with Crippen molar-refractivity contribution in [2.45, 2.75) is 37.9 Å². The van der Waals surface area contributed by atoms with Crippen molar-refractivity contribution in [1.29, 1.82) is 0 Å². The minimum Gasteiger partial charge on any atom is -0.481 e. The van der Waals surface area contributed by atoms with Gasteiger partial charge in [-0.25, -0.2) is 0 Å². The first-order valence-corrected chi connectivity index (χ1v) is 7.01. The number of aliphatic hydroxyl groups excluding tert-OH is 2. The second-order valence-electron chi connectivity index (χ2n) is 5.25. The summed E-state index contributed by atoms with van der Waals surface area (Å²) in [7, 11) is 0. The Labute approximate surface area is 118 Å². The number of carbonyl (C=O) groups is 1. The largest absolute Gasteiger partial charge is 0.481 e. The molecule has 0 saturated carbocycles. The number of carboxylic acids is 1. The average molecular weight is 279 g/mol. The van der Waals surface area contributed by atoms with Crippen molar-refractivity contribution < 1.29 is 20.1 Å². The van der Waals surface area contributed by atoms with Crippen molar-refractivity contribution in [3.8, 4) is 0 Å². The van der Waals surface area contributed by atoms with Crippen LogP contribution in [0, 0.1) is 0 Å². The summed E-state index contributed by atoms with van der Waals surface area (Å²) in [5.41, 5.74) is 1.57. The summed E-state index contributed by atoms with van der Waals surface area (Å²) < 4.78 is 0. The van der Waals surface area contributed by atoms with Crippen LogP contribution in [0.2, 0.25) is 0 Å². The fourth-order valence-corrected chi connectivity index (χ4v) is 2.57. The van der Waals surface area contributed by atoms with Gasteiger partial charge in [0.2, 0.25) is 0 Å². The standard InChI is InChI=1S/C15H21NO4/c17-13(10-14(18)19)15(20)11-5-4-6-12(9-11)16-7-2-1-3-8-16/h4-6,9,13,15,17,20H,1-3,7-8,10H2,(H,18,19). The Hall–Kier alpha value is -1.59. The molecule has 1 aliphatic rings. The van der Waals surface area contributed by atoms with Crippen LogP contribution >= 0.6 is 0 Å². The number of rotatable bonds is 5. The lowest BCUT2D eigenvalue weighted by Crippen LogP contribution is -2.29. The molecular formula is C15H21NO4. The van der Waals surface area contributed by atoms with Crippen LogP contribution in [0.3, 0.4) is 0 Å². The predicted octanol–water partition coefficient (Wildman–Crippen LogP) is 1.55. The summed E-state index contributed by atoms with van der Waals surface area (Å²) in [6.45, 7) is 1.99. The number of hydrogen-bond acceptors (Lipinski definition) is 4. The predicted molar refractivity (Wildman–Crippen MR) is 75.7 cm³/mol. The van der Waals surface area contributed by atoms with Crippen LogP contribution < -0.4 is 4.90 Å². The molecule has 1 saturated heterocycles. The van der Waals surface area contributed by atoms with Gasteiger partial charge in [0, 0.05) is 18.8 Å². The number of piperidine rings is 1. The third-order valence-electron chi connectivity index (χ3n) is 3.68.